The molecule has 27 heavy (non-hydrogen) atoms. The first kappa shape index (κ1) is 18.7. The third-order valence-electron chi connectivity index (χ3n) is 5.98. The molecule has 0 fully saturated rings. The van der Waals surface area contributed by atoms with Crippen LogP contribution in [0.1, 0.15) is 44.1 Å². The summed E-state index contributed by atoms with van der Waals surface area (Å²) >= 11 is 0. The molecule has 0 amide bonds. The number of hydrogen-bond acceptors (Lipinski definition) is 5. The number of hydrogen-bond donors (Lipinski definition) is 1. The van der Waals surface area contributed by atoms with Crippen molar-refractivity contribution in [3.05, 3.63) is 58.3 Å². The third-order valence-corrected chi connectivity index (χ3v) is 5.98. The molecule has 2 aliphatic carbocycles. The first-order valence-electron chi connectivity index (χ1n) is 9.22. The number of benzene rings is 1. The molecule has 1 aromatic rings. The maximum atomic E-state index is 12.9. The van der Waals surface area contributed by atoms with E-state index in [4.69, 9.17) is 10.5 Å². The molecule has 0 radical (unpaired) electrons. The number of ether oxygens (including phenoxy) is 1. The molecular weight excluding hydrogens is 338 g/mol. The quantitative estimate of drug-likeness (QED) is 0.827. The molecule has 0 saturated carbocycles. The highest BCUT2D eigenvalue weighted by Gasteiger charge is 2.56. The standard InChI is InChI=1S/C22H23N3O2/c1-3-14-9-10-16-17(11-14)19(15-7-5-4-6-8-15)22(13-24,21(26)27-2)20(25)18(16)12-23/h4-8,14,19H,3,9-11,25H2,1-2H3/t14-,19-,22+/m1/s1. The van der Waals surface area contributed by atoms with E-state index in [-0.39, 0.29) is 11.3 Å². The molecule has 0 heterocycles. The van der Waals surface area contributed by atoms with E-state index in [2.05, 4.69) is 19.1 Å². The summed E-state index contributed by atoms with van der Waals surface area (Å²) < 4.78 is 5.02. The number of carbonyl (C=O) groups is 1. The summed E-state index contributed by atoms with van der Waals surface area (Å²) in [6.07, 6.45) is 3.48. The van der Waals surface area contributed by atoms with Crippen molar-refractivity contribution < 1.29 is 9.53 Å². The van der Waals surface area contributed by atoms with E-state index in [9.17, 15) is 15.3 Å². The average Bonchev–Trinajstić information content (AvgIpc) is 2.72. The van der Waals surface area contributed by atoms with Gasteiger partial charge in [0, 0.05) is 5.92 Å². The highest BCUT2D eigenvalue weighted by molar-refractivity contribution is 5.88. The Morgan fingerprint density at radius 1 is 1.33 bits per heavy atom. The lowest BCUT2D eigenvalue weighted by Crippen LogP contribution is -2.46. The zero-order valence-corrected chi connectivity index (χ0v) is 15.7. The van der Waals surface area contributed by atoms with Gasteiger partial charge in [-0.05, 0) is 36.3 Å². The minimum atomic E-state index is -1.73. The van der Waals surface area contributed by atoms with Gasteiger partial charge in [-0.15, -0.1) is 0 Å². The molecule has 0 aromatic heterocycles. The van der Waals surface area contributed by atoms with Gasteiger partial charge in [0.15, 0.2) is 0 Å². The number of nitrogens with two attached hydrogens (primary N) is 1. The van der Waals surface area contributed by atoms with Crippen molar-refractivity contribution in [3.8, 4) is 12.1 Å². The monoisotopic (exact) mass is 361 g/mol. The lowest BCUT2D eigenvalue weighted by molar-refractivity contribution is -0.148. The fourth-order valence-corrected chi connectivity index (χ4v) is 4.53. The van der Waals surface area contributed by atoms with Crippen molar-refractivity contribution in [2.45, 2.75) is 38.5 Å². The molecule has 138 valence electrons. The summed E-state index contributed by atoms with van der Waals surface area (Å²) in [5.74, 6) is -0.796. The van der Waals surface area contributed by atoms with Crippen LogP contribution in [0.3, 0.4) is 0 Å². The fourth-order valence-electron chi connectivity index (χ4n) is 4.53. The van der Waals surface area contributed by atoms with E-state index in [1.807, 2.05) is 30.3 Å². The summed E-state index contributed by atoms with van der Waals surface area (Å²) in [6.45, 7) is 2.14. The van der Waals surface area contributed by atoms with Crippen LogP contribution in [0.4, 0.5) is 0 Å². The minimum absolute atomic E-state index is 0.0156. The first-order valence-corrected chi connectivity index (χ1v) is 9.22. The second kappa shape index (κ2) is 7.29. The van der Waals surface area contributed by atoms with Gasteiger partial charge in [0.25, 0.3) is 0 Å². The fraction of sp³-hybridized carbons (Fsp3) is 0.409. The molecule has 3 rings (SSSR count). The number of nitriles is 2. The summed E-state index contributed by atoms with van der Waals surface area (Å²) in [6, 6.07) is 13.8. The van der Waals surface area contributed by atoms with E-state index in [0.717, 1.165) is 42.4 Å². The van der Waals surface area contributed by atoms with Crippen LogP contribution in [0.25, 0.3) is 0 Å². The van der Waals surface area contributed by atoms with Crippen molar-refractivity contribution in [3.63, 3.8) is 0 Å². The number of allylic oxidation sites excluding steroid dienone is 3. The van der Waals surface area contributed by atoms with Gasteiger partial charge in [0.05, 0.1) is 24.4 Å². The summed E-state index contributed by atoms with van der Waals surface area (Å²) in [4.78, 5) is 12.9. The highest BCUT2D eigenvalue weighted by atomic mass is 16.5. The number of rotatable bonds is 3. The Morgan fingerprint density at radius 3 is 2.59 bits per heavy atom. The van der Waals surface area contributed by atoms with Gasteiger partial charge in [-0.25, -0.2) is 4.79 Å². The Kier molecular flexibility index (Phi) is 5.06. The third kappa shape index (κ3) is 2.71. The Labute approximate surface area is 159 Å². The number of carbonyl (C=O) groups excluding carboxylic acids is 1. The molecule has 0 aliphatic heterocycles. The van der Waals surface area contributed by atoms with Gasteiger partial charge >= 0.3 is 5.97 Å². The zero-order valence-electron chi connectivity index (χ0n) is 15.7. The molecule has 2 N–H and O–H groups in total. The first-order chi connectivity index (χ1) is 13.0. The van der Waals surface area contributed by atoms with E-state index < -0.39 is 17.3 Å². The molecule has 5 nitrogen and oxygen atoms in total. The van der Waals surface area contributed by atoms with Crippen LogP contribution in [0.5, 0.6) is 0 Å². The van der Waals surface area contributed by atoms with E-state index >= 15 is 0 Å². The number of esters is 1. The molecule has 1 aromatic carbocycles. The Bertz CT molecular complexity index is 902. The van der Waals surface area contributed by atoms with E-state index in [1.54, 1.807) is 0 Å². The number of nitrogens with zero attached hydrogens (tertiary/aromatic N) is 2. The zero-order chi connectivity index (χ0) is 19.6. The summed E-state index contributed by atoms with van der Waals surface area (Å²) in [5.41, 5.74) is 7.65. The Hall–Kier alpha value is -3.05. The van der Waals surface area contributed by atoms with E-state index in [1.165, 1.54) is 7.11 Å². The van der Waals surface area contributed by atoms with Crippen molar-refractivity contribution in [2.75, 3.05) is 7.11 Å². The lowest BCUT2D eigenvalue weighted by Gasteiger charge is -2.43. The van der Waals surface area contributed by atoms with Crippen LogP contribution in [0.2, 0.25) is 0 Å². The Morgan fingerprint density at radius 2 is 2.04 bits per heavy atom. The summed E-state index contributed by atoms with van der Waals surface area (Å²) in [5, 5.41) is 20.0. The van der Waals surface area contributed by atoms with Gasteiger partial charge in [-0.2, -0.15) is 10.5 Å². The van der Waals surface area contributed by atoms with Crippen molar-refractivity contribution in [2.24, 2.45) is 17.1 Å². The second-order valence-electron chi connectivity index (χ2n) is 7.18. The second-order valence-corrected chi connectivity index (χ2v) is 7.18. The van der Waals surface area contributed by atoms with Crippen molar-refractivity contribution >= 4 is 5.97 Å². The van der Waals surface area contributed by atoms with Gasteiger partial charge in [0.2, 0.25) is 5.41 Å². The minimum Gasteiger partial charge on any atom is -0.468 e. The van der Waals surface area contributed by atoms with Crippen molar-refractivity contribution in [1.29, 1.82) is 10.5 Å². The maximum Gasteiger partial charge on any atom is 0.333 e. The van der Waals surface area contributed by atoms with E-state index in [0.29, 0.717) is 5.92 Å². The molecule has 0 unspecified atom stereocenters. The van der Waals surface area contributed by atoms with Crippen LogP contribution in [0, 0.1) is 34.0 Å². The Balaban J connectivity index is 2.35. The summed E-state index contributed by atoms with van der Waals surface area (Å²) in [7, 11) is 1.25. The molecule has 0 saturated heterocycles. The maximum absolute atomic E-state index is 12.9. The van der Waals surface area contributed by atoms with Gasteiger partial charge in [-0.3, -0.25) is 0 Å². The van der Waals surface area contributed by atoms with Crippen LogP contribution < -0.4 is 5.73 Å². The van der Waals surface area contributed by atoms with Crippen molar-refractivity contribution in [1.82, 2.24) is 0 Å². The molecule has 2 aliphatic rings. The van der Waals surface area contributed by atoms with Crippen LogP contribution in [-0.4, -0.2) is 13.1 Å². The van der Waals surface area contributed by atoms with Gasteiger partial charge in [-0.1, -0.05) is 49.2 Å². The van der Waals surface area contributed by atoms with Crippen LogP contribution in [-0.2, 0) is 9.53 Å². The molecule has 5 heteroatoms. The molecular formula is C22H23N3O2. The topological polar surface area (TPSA) is 99.9 Å². The SMILES string of the molecule is CC[C@@H]1CCC2=C(C1)[C@@H](c1ccccc1)[C@](C#N)(C(=O)OC)C(N)=C2C#N. The average molecular weight is 361 g/mol. The highest BCUT2D eigenvalue weighted by Crippen LogP contribution is 2.56. The lowest BCUT2D eigenvalue weighted by atomic mass is 9.58. The smallest absolute Gasteiger partial charge is 0.333 e. The van der Waals surface area contributed by atoms with Gasteiger partial charge in [0.1, 0.15) is 6.07 Å². The van der Waals surface area contributed by atoms with Gasteiger partial charge < -0.3 is 10.5 Å². The molecule has 0 bridgehead atoms. The molecule has 3 atom stereocenters. The van der Waals surface area contributed by atoms with Crippen LogP contribution in [0.15, 0.2) is 52.7 Å². The molecule has 0 spiro atoms. The largest absolute Gasteiger partial charge is 0.468 e. The predicted octanol–water partition coefficient (Wildman–Crippen LogP) is 3.71. The normalized spacial score (nSPS) is 27.4. The predicted molar refractivity (Wildman–Crippen MR) is 101 cm³/mol. The number of methoxy groups -OCH3 is 1. The van der Waals surface area contributed by atoms with Crippen LogP contribution >= 0.6 is 0 Å².